The summed E-state index contributed by atoms with van der Waals surface area (Å²) in [6.07, 6.45) is 6.42. The van der Waals surface area contributed by atoms with Gasteiger partial charge in [0.15, 0.2) is 4.99 Å². The highest BCUT2D eigenvalue weighted by Crippen LogP contribution is 2.46. The average molecular weight is 340 g/mol. The van der Waals surface area contributed by atoms with Crippen LogP contribution in [0.1, 0.15) is 52.9 Å². The van der Waals surface area contributed by atoms with Crippen molar-refractivity contribution in [2.45, 2.75) is 57.9 Å². The summed E-state index contributed by atoms with van der Waals surface area (Å²) in [5.41, 5.74) is 2.40. The van der Waals surface area contributed by atoms with Gasteiger partial charge in [0.05, 0.1) is 0 Å². The Hall–Kier alpha value is -0.460. The fourth-order valence-electron chi connectivity index (χ4n) is 1.82. The summed E-state index contributed by atoms with van der Waals surface area (Å²) >= 11 is 0. The molecule has 0 heterocycles. The molecule has 0 radical (unpaired) electrons. The van der Waals surface area contributed by atoms with E-state index in [0.717, 1.165) is 18.4 Å². The van der Waals surface area contributed by atoms with E-state index in [1.807, 2.05) is 26.8 Å². The van der Waals surface area contributed by atoms with Gasteiger partial charge < -0.3 is 9.79 Å². The van der Waals surface area contributed by atoms with Gasteiger partial charge in [-0.05, 0) is 52.9 Å². The Balaban J connectivity index is 4.35. The quantitative estimate of drug-likeness (QED) is 0.257. The molecule has 21 heavy (non-hydrogen) atoms. The van der Waals surface area contributed by atoms with Crippen LogP contribution in [0.2, 0.25) is 0 Å². The zero-order valence-electron chi connectivity index (χ0n) is 12.7. The first-order valence-corrected chi connectivity index (χ1v) is 9.93. The highest BCUT2D eigenvalue weighted by Gasteiger charge is 2.38. The maximum Gasteiger partial charge on any atom is 0.346 e. The number of rotatable bonds is 9. The Labute approximate surface area is 126 Å². The predicted molar refractivity (Wildman–Crippen MR) is 83.7 cm³/mol. The molecule has 1 atom stereocenters. The first-order chi connectivity index (χ1) is 9.44. The first-order valence-electron chi connectivity index (χ1n) is 6.75. The lowest BCUT2D eigenvalue weighted by molar-refractivity contribution is 0.360. The van der Waals surface area contributed by atoms with Gasteiger partial charge in [-0.1, -0.05) is 23.3 Å². The Bertz CT molecular complexity index is 525. The van der Waals surface area contributed by atoms with Crippen molar-refractivity contribution in [3.05, 3.63) is 23.3 Å². The van der Waals surface area contributed by atoms with E-state index in [1.54, 1.807) is 0 Å². The molecule has 124 valence electrons. The predicted octanol–water partition coefficient (Wildman–Crippen LogP) is 3.24. The molecule has 0 rings (SSSR count). The van der Waals surface area contributed by atoms with Gasteiger partial charge in [-0.15, -0.1) is 0 Å². The van der Waals surface area contributed by atoms with Crippen LogP contribution in [0, 0.1) is 0 Å². The topological polar surface area (TPSA) is 112 Å². The standard InChI is InChI=1S/C13H25O6PS/c1-11(2)7-6-9-12(3)8-4-5-10-13(20(14,15)16)21(17,18)19/h7-8,13H,4-6,9-10H2,1-3H3,(H2,14,15,16)(H,17,18,19)/b12-8+. The van der Waals surface area contributed by atoms with Crippen molar-refractivity contribution in [1.29, 1.82) is 0 Å². The van der Waals surface area contributed by atoms with Crippen LogP contribution in [0.15, 0.2) is 23.3 Å². The van der Waals surface area contributed by atoms with Crippen LogP contribution >= 0.6 is 7.60 Å². The van der Waals surface area contributed by atoms with Crippen molar-refractivity contribution >= 4 is 17.7 Å². The molecular formula is C13H25O6PS. The Morgan fingerprint density at radius 3 is 2.14 bits per heavy atom. The van der Waals surface area contributed by atoms with E-state index in [1.165, 1.54) is 5.57 Å². The smallest absolute Gasteiger partial charge is 0.323 e. The van der Waals surface area contributed by atoms with Crippen molar-refractivity contribution in [1.82, 2.24) is 0 Å². The second-order valence-electron chi connectivity index (χ2n) is 5.36. The van der Waals surface area contributed by atoms with Gasteiger partial charge in [0.2, 0.25) is 0 Å². The van der Waals surface area contributed by atoms with Crippen LogP contribution in [0.4, 0.5) is 0 Å². The van der Waals surface area contributed by atoms with E-state index in [0.29, 0.717) is 6.42 Å². The summed E-state index contributed by atoms with van der Waals surface area (Å²) < 4.78 is 41.8. The highest BCUT2D eigenvalue weighted by atomic mass is 32.2. The van der Waals surface area contributed by atoms with Gasteiger partial charge in [0.25, 0.3) is 10.1 Å². The molecular weight excluding hydrogens is 315 g/mol. The molecule has 0 spiro atoms. The van der Waals surface area contributed by atoms with Crippen LogP contribution in [-0.2, 0) is 14.7 Å². The fraction of sp³-hybridized carbons (Fsp3) is 0.692. The minimum absolute atomic E-state index is 0.263. The molecule has 0 amide bonds. The minimum Gasteiger partial charge on any atom is -0.323 e. The van der Waals surface area contributed by atoms with Gasteiger partial charge in [-0.25, -0.2) is 0 Å². The molecule has 0 aliphatic rings. The van der Waals surface area contributed by atoms with Gasteiger partial charge in [-0.2, -0.15) is 8.42 Å². The van der Waals surface area contributed by atoms with E-state index >= 15 is 0 Å². The SMILES string of the molecule is CC(C)=CCC/C(C)=C/CCCC(P(=O)(O)O)S(=O)(=O)O. The lowest BCUT2D eigenvalue weighted by atomic mass is 10.1. The first kappa shape index (κ1) is 20.5. The van der Waals surface area contributed by atoms with Gasteiger partial charge in [-0.3, -0.25) is 9.12 Å². The maximum atomic E-state index is 11.0. The molecule has 0 aromatic heterocycles. The molecule has 0 aliphatic heterocycles. The van der Waals surface area contributed by atoms with Crippen LogP contribution in [-0.4, -0.2) is 27.7 Å². The lowest BCUT2D eigenvalue weighted by Gasteiger charge is -2.14. The Morgan fingerprint density at radius 2 is 1.71 bits per heavy atom. The zero-order valence-corrected chi connectivity index (χ0v) is 14.4. The van der Waals surface area contributed by atoms with Crippen molar-refractivity contribution in [3.8, 4) is 0 Å². The van der Waals surface area contributed by atoms with E-state index in [9.17, 15) is 13.0 Å². The summed E-state index contributed by atoms with van der Waals surface area (Å²) in [4.78, 5) is 15.9. The van der Waals surface area contributed by atoms with Crippen molar-refractivity contribution < 1.29 is 27.3 Å². The average Bonchev–Trinajstić information content (AvgIpc) is 2.24. The summed E-state index contributed by atoms with van der Waals surface area (Å²) in [5, 5.41) is 0. The fourth-order valence-corrected chi connectivity index (χ4v) is 4.19. The second-order valence-corrected chi connectivity index (χ2v) is 9.11. The molecule has 0 aromatic rings. The van der Waals surface area contributed by atoms with Gasteiger partial charge >= 0.3 is 7.60 Å². The molecule has 0 bridgehead atoms. The molecule has 1 unspecified atom stereocenters. The monoisotopic (exact) mass is 340 g/mol. The minimum atomic E-state index is -4.86. The zero-order chi connectivity index (χ0) is 16.7. The molecule has 0 saturated carbocycles. The highest BCUT2D eigenvalue weighted by molar-refractivity contribution is 7.93. The number of allylic oxidation sites excluding steroid dienone is 4. The Morgan fingerprint density at radius 1 is 1.14 bits per heavy atom. The van der Waals surface area contributed by atoms with Gasteiger partial charge in [0, 0.05) is 0 Å². The molecule has 8 heteroatoms. The van der Waals surface area contributed by atoms with Crippen molar-refractivity contribution in [2.24, 2.45) is 0 Å². The van der Waals surface area contributed by atoms with Crippen LogP contribution in [0.3, 0.4) is 0 Å². The van der Waals surface area contributed by atoms with E-state index in [-0.39, 0.29) is 12.8 Å². The summed E-state index contributed by atoms with van der Waals surface area (Å²) in [6.45, 7) is 6.01. The lowest BCUT2D eigenvalue weighted by Crippen LogP contribution is -2.20. The van der Waals surface area contributed by atoms with Crippen molar-refractivity contribution in [2.75, 3.05) is 0 Å². The molecule has 6 nitrogen and oxygen atoms in total. The summed E-state index contributed by atoms with van der Waals surface area (Å²) in [7, 11) is -9.59. The second kappa shape index (κ2) is 8.86. The number of hydrogen-bond donors (Lipinski definition) is 3. The maximum absolute atomic E-state index is 11.0. The molecule has 0 aromatic carbocycles. The summed E-state index contributed by atoms with van der Waals surface area (Å²) in [5.74, 6) is 0. The van der Waals surface area contributed by atoms with Gasteiger partial charge in [0.1, 0.15) is 0 Å². The Kier molecular flexibility index (Phi) is 8.66. The van der Waals surface area contributed by atoms with E-state index < -0.39 is 22.7 Å². The van der Waals surface area contributed by atoms with Crippen LogP contribution in [0.25, 0.3) is 0 Å². The van der Waals surface area contributed by atoms with Crippen molar-refractivity contribution in [3.63, 3.8) is 0 Å². The summed E-state index contributed by atoms with van der Waals surface area (Å²) in [6, 6.07) is 0. The number of hydrogen-bond acceptors (Lipinski definition) is 3. The third-order valence-corrected chi connectivity index (χ3v) is 6.51. The van der Waals surface area contributed by atoms with Crippen LogP contribution < -0.4 is 0 Å². The molecule has 3 N–H and O–H groups in total. The molecule has 0 saturated heterocycles. The third kappa shape index (κ3) is 9.98. The molecule has 0 aliphatic carbocycles. The largest absolute Gasteiger partial charge is 0.346 e. The van der Waals surface area contributed by atoms with E-state index in [2.05, 4.69) is 6.08 Å². The third-order valence-electron chi connectivity index (χ3n) is 2.96. The molecule has 0 fully saturated rings. The number of unbranched alkanes of at least 4 members (excludes halogenated alkanes) is 1. The van der Waals surface area contributed by atoms with Crippen LogP contribution in [0.5, 0.6) is 0 Å². The van der Waals surface area contributed by atoms with E-state index in [4.69, 9.17) is 14.3 Å². The normalized spacial score (nSPS) is 14.9.